The molecule has 2 fully saturated rings. The molecule has 0 amide bonds. The van der Waals surface area contributed by atoms with Crippen molar-refractivity contribution in [3.05, 3.63) is 12.4 Å². The molecule has 22 heavy (non-hydrogen) atoms. The first-order valence-corrected chi connectivity index (χ1v) is 7.84. The van der Waals surface area contributed by atoms with Crippen LogP contribution in [0.25, 0.3) is 0 Å². The standard InChI is InChI=1S/C15H23BF2N2O2/c1-13(2)14(3,4)22-16(21-13)12-8-19-20(10-12)9-11-5-6-15(17,18)7-11/h8,10-11H,5-7,9H2,1-4H3. The molecule has 1 unspecified atom stereocenters. The van der Waals surface area contributed by atoms with Crippen LogP contribution in [-0.4, -0.2) is 34.0 Å². The van der Waals surface area contributed by atoms with Crippen molar-refractivity contribution < 1.29 is 18.1 Å². The zero-order valence-electron chi connectivity index (χ0n) is 13.6. The van der Waals surface area contributed by atoms with Crippen LogP contribution in [0.15, 0.2) is 12.4 Å². The van der Waals surface area contributed by atoms with E-state index in [4.69, 9.17) is 9.31 Å². The highest BCUT2D eigenvalue weighted by molar-refractivity contribution is 6.61. The summed E-state index contributed by atoms with van der Waals surface area (Å²) in [6.07, 6.45) is 4.05. The van der Waals surface area contributed by atoms with E-state index in [1.165, 1.54) is 0 Å². The molecule has 0 spiro atoms. The normalized spacial score (nSPS) is 29.2. The summed E-state index contributed by atoms with van der Waals surface area (Å²) in [7, 11) is -0.455. The molecule has 7 heteroatoms. The van der Waals surface area contributed by atoms with Gasteiger partial charge in [0.1, 0.15) is 0 Å². The van der Waals surface area contributed by atoms with Crippen LogP contribution in [0, 0.1) is 5.92 Å². The van der Waals surface area contributed by atoms with Gasteiger partial charge in [-0.3, -0.25) is 4.68 Å². The molecule has 1 aromatic heterocycles. The van der Waals surface area contributed by atoms with Crippen LogP contribution in [0.2, 0.25) is 0 Å². The fourth-order valence-electron chi connectivity index (χ4n) is 3.04. The number of nitrogens with zero attached hydrogens (tertiary/aromatic N) is 2. The molecule has 2 heterocycles. The third-order valence-electron chi connectivity index (χ3n) is 5.13. The first kappa shape index (κ1) is 15.9. The molecule has 1 aromatic rings. The molecular weight excluding hydrogens is 289 g/mol. The molecule has 3 rings (SSSR count). The number of alkyl halides is 2. The highest BCUT2D eigenvalue weighted by atomic mass is 19.3. The zero-order chi connectivity index (χ0) is 16.2. The topological polar surface area (TPSA) is 36.3 Å². The van der Waals surface area contributed by atoms with Crippen LogP contribution in [0.4, 0.5) is 8.78 Å². The Bertz CT molecular complexity index is 543. The summed E-state index contributed by atoms with van der Waals surface area (Å²) >= 11 is 0. The molecule has 1 aliphatic heterocycles. The van der Waals surface area contributed by atoms with E-state index in [1.54, 1.807) is 10.9 Å². The number of halogens is 2. The van der Waals surface area contributed by atoms with Crippen LogP contribution >= 0.6 is 0 Å². The zero-order valence-corrected chi connectivity index (χ0v) is 13.6. The van der Waals surface area contributed by atoms with Crippen molar-refractivity contribution in [1.82, 2.24) is 9.78 Å². The van der Waals surface area contributed by atoms with Gasteiger partial charge in [-0.2, -0.15) is 5.10 Å². The Hall–Kier alpha value is -0.945. The van der Waals surface area contributed by atoms with Gasteiger partial charge in [-0.1, -0.05) is 0 Å². The third-order valence-corrected chi connectivity index (χ3v) is 5.13. The first-order valence-electron chi connectivity index (χ1n) is 7.84. The molecule has 4 nitrogen and oxygen atoms in total. The van der Waals surface area contributed by atoms with Gasteiger partial charge >= 0.3 is 7.12 Å². The molecule has 2 aliphatic rings. The van der Waals surface area contributed by atoms with E-state index in [9.17, 15) is 8.78 Å². The highest BCUT2D eigenvalue weighted by Gasteiger charge is 2.52. The van der Waals surface area contributed by atoms with Crippen LogP contribution in [-0.2, 0) is 15.9 Å². The summed E-state index contributed by atoms with van der Waals surface area (Å²) in [5.41, 5.74) is 0.0454. The second kappa shape index (κ2) is 5.03. The summed E-state index contributed by atoms with van der Waals surface area (Å²) in [4.78, 5) is 0. The van der Waals surface area contributed by atoms with E-state index in [0.29, 0.717) is 13.0 Å². The van der Waals surface area contributed by atoms with Crippen molar-refractivity contribution in [2.45, 2.75) is 70.6 Å². The molecule has 122 valence electrons. The number of aromatic nitrogens is 2. The first-order chi connectivity index (χ1) is 10.1. The van der Waals surface area contributed by atoms with Crippen LogP contribution in [0.5, 0.6) is 0 Å². The average Bonchev–Trinajstić information content (AvgIpc) is 2.99. The minimum atomic E-state index is -2.51. The van der Waals surface area contributed by atoms with E-state index in [1.807, 2.05) is 33.9 Å². The maximum Gasteiger partial charge on any atom is 0.498 e. The Kier molecular flexibility index (Phi) is 3.64. The quantitative estimate of drug-likeness (QED) is 0.805. The molecule has 1 saturated carbocycles. The van der Waals surface area contributed by atoms with E-state index < -0.39 is 24.2 Å². The van der Waals surface area contributed by atoms with E-state index in [-0.39, 0.29) is 18.8 Å². The fraction of sp³-hybridized carbons (Fsp3) is 0.800. The van der Waals surface area contributed by atoms with Gasteiger partial charge in [-0.25, -0.2) is 8.78 Å². The maximum atomic E-state index is 13.2. The Morgan fingerprint density at radius 3 is 2.45 bits per heavy atom. The largest absolute Gasteiger partial charge is 0.498 e. The molecule has 0 radical (unpaired) electrons. The van der Waals surface area contributed by atoms with E-state index in [0.717, 1.165) is 5.46 Å². The average molecular weight is 312 g/mol. The Labute approximate surface area is 130 Å². The second-order valence-corrected chi connectivity index (χ2v) is 7.55. The Morgan fingerprint density at radius 2 is 1.91 bits per heavy atom. The second-order valence-electron chi connectivity index (χ2n) is 7.55. The van der Waals surface area contributed by atoms with Gasteiger partial charge < -0.3 is 9.31 Å². The minimum Gasteiger partial charge on any atom is -0.399 e. The van der Waals surface area contributed by atoms with Crippen LogP contribution < -0.4 is 5.46 Å². The van der Waals surface area contributed by atoms with Gasteiger partial charge in [0.15, 0.2) is 0 Å². The van der Waals surface area contributed by atoms with Gasteiger partial charge in [0.25, 0.3) is 0 Å². The SMILES string of the molecule is CC1(C)OB(c2cnn(CC3CCC(F)(F)C3)c2)OC1(C)C. The molecule has 1 saturated heterocycles. The monoisotopic (exact) mass is 312 g/mol. The van der Waals surface area contributed by atoms with Crippen LogP contribution in [0.1, 0.15) is 47.0 Å². The summed E-state index contributed by atoms with van der Waals surface area (Å²) in [5, 5.41) is 4.28. The lowest BCUT2D eigenvalue weighted by Crippen LogP contribution is -2.41. The van der Waals surface area contributed by atoms with Crippen molar-refractivity contribution in [2.24, 2.45) is 5.92 Å². The molecule has 1 aliphatic carbocycles. The number of rotatable bonds is 3. The lowest BCUT2D eigenvalue weighted by molar-refractivity contribution is 0.00422. The maximum absolute atomic E-state index is 13.2. The van der Waals surface area contributed by atoms with Gasteiger partial charge in [0, 0.05) is 37.2 Å². The summed E-state index contributed by atoms with van der Waals surface area (Å²) in [5.74, 6) is -2.52. The lowest BCUT2D eigenvalue weighted by atomic mass is 9.82. The Balaban J connectivity index is 1.65. The van der Waals surface area contributed by atoms with Crippen molar-refractivity contribution >= 4 is 12.6 Å². The van der Waals surface area contributed by atoms with Crippen molar-refractivity contribution in [3.63, 3.8) is 0 Å². The lowest BCUT2D eigenvalue weighted by Gasteiger charge is -2.32. The smallest absolute Gasteiger partial charge is 0.399 e. The van der Waals surface area contributed by atoms with Gasteiger partial charge in [0.05, 0.1) is 11.2 Å². The van der Waals surface area contributed by atoms with Gasteiger partial charge in [-0.05, 0) is 40.0 Å². The summed E-state index contributed by atoms with van der Waals surface area (Å²) in [6.45, 7) is 8.52. The third kappa shape index (κ3) is 2.93. The predicted octanol–water partition coefficient (Wildman–Crippen LogP) is 2.62. The fourth-order valence-corrected chi connectivity index (χ4v) is 3.04. The van der Waals surface area contributed by atoms with Crippen molar-refractivity contribution in [3.8, 4) is 0 Å². The molecular formula is C15H23BF2N2O2. The number of hydrogen-bond donors (Lipinski definition) is 0. The van der Waals surface area contributed by atoms with Crippen molar-refractivity contribution in [2.75, 3.05) is 0 Å². The van der Waals surface area contributed by atoms with Crippen molar-refractivity contribution in [1.29, 1.82) is 0 Å². The minimum absolute atomic E-state index is 0.0109. The van der Waals surface area contributed by atoms with Gasteiger partial charge in [0.2, 0.25) is 5.92 Å². The summed E-state index contributed by atoms with van der Waals surface area (Å²) in [6, 6.07) is 0. The molecule has 1 atom stereocenters. The molecule has 0 N–H and O–H groups in total. The number of hydrogen-bond acceptors (Lipinski definition) is 3. The molecule has 0 bridgehead atoms. The molecule has 0 aromatic carbocycles. The summed E-state index contributed by atoms with van der Waals surface area (Å²) < 4.78 is 40.2. The van der Waals surface area contributed by atoms with E-state index >= 15 is 0 Å². The Morgan fingerprint density at radius 1 is 1.27 bits per heavy atom. The predicted molar refractivity (Wildman–Crippen MR) is 80.2 cm³/mol. The van der Waals surface area contributed by atoms with Gasteiger partial charge in [-0.15, -0.1) is 0 Å². The van der Waals surface area contributed by atoms with Crippen LogP contribution in [0.3, 0.4) is 0 Å². The van der Waals surface area contributed by atoms with E-state index in [2.05, 4.69) is 5.10 Å². The highest BCUT2D eigenvalue weighted by Crippen LogP contribution is 2.39.